The van der Waals surface area contributed by atoms with Gasteiger partial charge in [-0.15, -0.1) is 5.10 Å². The van der Waals surface area contributed by atoms with Crippen LogP contribution in [0.5, 0.6) is 0 Å². The van der Waals surface area contributed by atoms with Gasteiger partial charge in [0.1, 0.15) is 0 Å². The Hall–Kier alpha value is -2.69. The van der Waals surface area contributed by atoms with E-state index in [1.54, 1.807) is 4.68 Å². The minimum Gasteiger partial charge on any atom is -0.398 e. The van der Waals surface area contributed by atoms with Crippen LogP contribution in [-0.2, 0) is 0 Å². The fourth-order valence-electron chi connectivity index (χ4n) is 2.19. The van der Waals surface area contributed by atoms with Crippen LogP contribution in [-0.4, -0.2) is 20.2 Å². The molecule has 100 valence electrons. The van der Waals surface area contributed by atoms with Gasteiger partial charge in [-0.1, -0.05) is 30.3 Å². The van der Waals surface area contributed by atoms with Gasteiger partial charge in [-0.2, -0.15) is 4.68 Å². The lowest BCUT2D eigenvalue weighted by Crippen LogP contribution is -2.04. The molecule has 0 aliphatic carbocycles. The quantitative estimate of drug-likeness (QED) is 0.723. The number of nitrogens with two attached hydrogens (primary N) is 1. The maximum atomic E-state index is 6.15. The molecule has 0 spiro atoms. The Bertz CT molecular complexity index is 760. The van der Waals surface area contributed by atoms with Crippen LogP contribution >= 0.6 is 0 Å². The Balaban J connectivity index is 2.21. The molecule has 3 rings (SSSR count). The summed E-state index contributed by atoms with van der Waals surface area (Å²) in [4.78, 5) is 0. The van der Waals surface area contributed by atoms with E-state index in [0.717, 1.165) is 22.4 Å². The molecule has 0 saturated carbocycles. The standard InChI is InChI=1S/C15H15N5/c1-10-6-3-4-9-13(10)20-15(17-18-19-20)12-8-5-7-11(2)14(12)16/h3-9H,16H2,1-2H3. The molecule has 0 radical (unpaired) electrons. The summed E-state index contributed by atoms with van der Waals surface area (Å²) in [5.41, 5.74) is 10.8. The van der Waals surface area contributed by atoms with Crippen molar-refractivity contribution >= 4 is 5.69 Å². The highest BCUT2D eigenvalue weighted by Crippen LogP contribution is 2.28. The third-order valence-electron chi connectivity index (χ3n) is 3.38. The Morgan fingerprint density at radius 3 is 2.50 bits per heavy atom. The molecule has 0 aliphatic heterocycles. The molecule has 1 heterocycles. The number of hydrogen-bond donors (Lipinski definition) is 1. The van der Waals surface area contributed by atoms with Crippen molar-refractivity contribution < 1.29 is 0 Å². The van der Waals surface area contributed by atoms with Crippen LogP contribution in [0.15, 0.2) is 42.5 Å². The molecule has 0 unspecified atom stereocenters. The lowest BCUT2D eigenvalue weighted by atomic mass is 10.1. The highest BCUT2D eigenvalue weighted by atomic mass is 15.5. The monoisotopic (exact) mass is 265 g/mol. The summed E-state index contributed by atoms with van der Waals surface area (Å²) in [6, 6.07) is 13.8. The van der Waals surface area contributed by atoms with Crippen LogP contribution in [0.25, 0.3) is 17.1 Å². The molecule has 0 saturated heterocycles. The van der Waals surface area contributed by atoms with E-state index < -0.39 is 0 Å². The number of nitrogen functional groups attached to an aromatic ring is 1. The Morgan fingerprint density at radius 2 is 1.70 bits per heavy atom. The zero-order chi connectivity index (χ0) is 14.1. The summed E-state index contributed by atoms with van der Waals surface area (Å²) >= 11 is 0. The maximum absolute atomic E-state index is 6.15. The number of aromatic nitrogens is 4. The summed E-state index contributed by atoms with van der Waals surface area (Å²) in [5, 5.41) is 12.0. The van der Waals surface area contributed by atoms with Crippen LogP contribution in [0.4, 0.5) is 5.69 Å². The Morgan fingerprint density at radius 1 is 0.950 bits per heavy atom. The highest BCUT2D eigenvalue weighted by Gasteiger charge is 2.15. The van der Waals surface area contributed by atoms with Crippen LogP contribution in [0.3, 0.4) is 0 Å². The largest absolute Gasteiger partial charge is 0.398 e. The topological polar surface area (TPSA) is 69.6 Å². The molecule has 5 heteroatoms. The smallest absolute Gasteiger partial charge is 0.189 e. The molecule has 0 bridgehead atoms. The third-order valence-corrected chi connectivity index (χ3v) is 3.38. The highest BCUT2D eigenvalue weighted by molar-refractivity contribution is 5.75. The third kappa shape index (κ3) is 1.93. The van der Waals surface area contributed by atoms with Crippen LogP contribution in [0.2, 0.25) is 0 Å². The first-order valence-electron chi connectivity index (χ1n) is 6.38. The van der Waals surface area contributed by atoms with E-state index in [-0.39, 0.29) is 0 Å². The molecule has 5 nitrogen and oxygen atoms in total. The van der Waals surface area contributed by atoms with E-state index in [0.29, 0.717) is 11.5 Å². The number of anilines is 1. The average Bonchev–Trinajstić information content (AvgIpc) is 2.91. The van der Waals surface area contributed by atoms with Crippen LogP contribution in [0, 0.1) is 13.8 Å². The van der Waals surface area contributed by atoms with Crippen molar-refractivity contribution in [2.75, 3.05) is 5.73 Å². The van der Waals surface area contributed by atoms with E-state index in [1.807, 2.05) is 56.3 Å². The predicted molar refractivity (Wildman–Crippen MR) is 78.5 cm³/mol. The summed E-state index contributed by atoms with van der Waals surface area (Å²) < 4.78 is 1.72. The normalized spacial score (nSPS) is 10.7. The number of hydrogen-bond acceptors (Lipinski definition) is 4. The molecular weight excluding hydrogens is 250 g/mol. The second kappa shape index (κ2) is 4.77. The first kappa shape index (κ1) is 12.3. The van der Waals surface area contributed by atoms with Gasteiger partial charge in [-0.3, -0.25) is 0 Å². The summed E-state index contributed by atoms with van der Waals surface area (Å²) in [6.45, 7) is 4.00. The molecule has 3 aromatic rings. The van der Waals surface area contributed by atoms with Gasteiger partial charge in [0, 0.05) is 11.3 Å². The molecule has 0 amide bonds. The van der Waals surface area contributed by atoms with E-state index in [2.05, 4.69) is 15.5 Å². The summed E-state index contributed by atoms with van der Waals surface area (Å²) in [7, 11) is 0. The van der Waals surface area contributed by atoms with E-state index >= 15 is 0 Å². The van der Waals surface area contributed by atoms with Crippen molar-refractivity contribution in [2.24, 2.45) is 0 Å². The van der Waals surface area contributed by atoms with Gasteiger partial charge in [0.05, 0.1) is 5.69 Å². The lowest BCUT2D eigenvalue weighted by molar-refractivity contribution is 0.787. The number of aryl methyl sites for hydroxylation is 2. The van der Waals surface area contributed by atoms with Gasteiger partial charge < -0.3 is 5.73 Å². The number of rotatable bonds is 2. The van der Waals surface area contributed by atoms with Gasteiger partial charge in [0.15, 0.2) is 5.82 Å². The van der Waals surface area contributed by atoms with Gasteiger partial charge >= 0.3 is 0 Å². The molecule has 2 N–H and O–H groups in total. The van der Waals surface area contributed by atoms with Crippen molar-refractivity contribution in [1.82, 2.24) is 20.2 Å². The molecular formula is C15H15N5. The zero-order valence-electron chi connectivity index (χ0n) is 11.4. The minimum absolute atomic E-state index is 0.653. The van der Waals surface area contributed by atoms with Crippen molar-refractivity contribution in [1.29, 1.82) is 0 Å². The molecule has 0 fully saturated rings. The molecule has 0 atom stereocenters. The van der Waals surface area contributed by atoms with Gasteiger partial charge in [-0.25, -0.2) is 0 Å². The van der Waals surface area contributed by atoms with Crippen LogP contribution < -0.4 is 5.73 Å². The fraction of sp³-hybridized carbons (Fsp3) is 0.133. The second-order valence-electron chi connectivity index (χ2n) is 4.74. The van der Waals surface area contributed by atoms with Gasteiger partial charge in [0.25, 0.3) is 0 Å². The lowest BCUT2D eigenvalue weighted by Gasteiger charge is -2.10. The number of benzene rings is 2. The van der Waals surface area contributed by atoms with Crippen molar-refractivity contribution in [3.8, 4) is 17.1 Å². The summed E-state index contributed by atoms with van der Waals surface area (Å²) in [6.07, 6.45) is 0. The Labute approximate surface area is 117 Å². The Kier molecular flexibility index (Phi) is 2.95. The first-order chi connectivity index (χ1) is 9.68. The first-order valence-corrected chi connectivity index (χ1v) is 6.38. The maximum Gasteiger partial charge on any atom is 0.189 e. The molecule has 1 aromatic heterocycles. The predicted octanol–water partition coefficient (Wildman–Crippen LogP) is 2.53. The molecule has 20 heavy (non-hydrogen) atoms. The van der Waals surface area contributed by atoms with E-state index in [4.69, 9.17) is 5.73 Å². The van der Waals surface area contributed by atoms with E-state index in [1.165, 1.54) is 0 Å². The van der Waals surface area contributed by atoms with Gasteiger partial charge in [-0.05, 0) is 47.5 Å². The average molecular weight is 265 g/mol. The fourth-order valence-corrected chi connectivity index (χ4v) is 2.19. The zero-order valence-corrected chi connectivity index (χ0v) is 11.4. The van der Waals surface area contributed by atoms with Crippen molar-refractivity contribution in [2.45, 2.75) is 13.8 Å². The SMILES string of the molecule is Cc1ccccc1-n1nnnc1-c1cccc(C)c1N. The van der Waals surface area contributed by atoms with Crippen molar-refractivity contribution in [3.63, 3.8) is 0 Å². The number of para-hydroxylation sites is 2. The molecule has 0 aliphatic rings. The van der Waals surface area contributed by atoms with Crippen LogP contribution in [0.1, 0.15) is 11.1 Å². The minimum atomic E-state index is 0.653. The van der Waals surface area contributed by atoms with Crippen molar-refractivity contribution in [3.05, 3.63) is 53.6 Å². The molecule has 2 aromatic carbocycles. The van der Waals surface area contributed by atoms with E-state index in [9.17, 15) is 0 Å². The second-order valence-corrected chi connectivity index (χ2v) is 4.74. The number of tetrazole rings is 1. The summed E-state index contributed by atoms with van der Waals surface area (Å²) in [5.74, 6) is 0.653. The number of nitrogens with zero attached hydrogens (tertiary/aromatic N) is 4. The van der Waals surface area contributed by atoms with Gasteiger partial charge in [0.2, 0.25) is 0 Å².